The first-order valence-corrected chi connectivity index (χ1v) is 7.21. The third kappa shape index (κ3) is 3.35. The summed E-state index contributed by atoms with van der Waals surface area (Å²) in [5.74, 6) is -0.418. The van der Waals surface area contributed by atoms with Gasteiger partial charge >= 0.3 is 5.97 Å². The van der Waals surface area contributed by atoms with Crippen molar-refractivity contribution in [2.75, 3.05) is 14.2 Å². The standard InChI is InChI=1S/C16H22FNO3/c1-11-6-7-13(17)14(9-11)21-12-5-4-8-16(10-12,18-2)15(19)20-3/h6-7,9,12,18H,4-5,8,10H2,1-3H3. The van der Waals surface area contributed by atoms with Crippen LogP contribution in [0.3, 0.4) is 0 Å². The Morgan fingerprint density at radius 3 is 2.90 bits per heavy atom. The van der Waals surface area contributed by atoms with Gasteiger partial charge in [0, 0.05) is 6.42 Å². The maximum Gasteiger partial charge on any atom is 0.326 e. The summed E-state index contributed by atoms with van der Waals surface area (Å²) in [6.45, 7) is 1.89. The summed E-state index contributed by atoms with van der Waals surface area (Å²) in [5.41, 5.74) is 0.202. The van der Waals surface area contributed by atoms with Gasteiger partial charge in [-0.1, -0.05) is 6.07 Å². The van der Waals surface area contributed by atoms with Crippen molar-refractivity contribution >= 4 is 5.97 Å². The minimum Gasteiger partial charge on any atom is -0.487 e. The molecule has 0 aromatic heterocycles. The summed E-state index contributed by atoms with van der Waals surface area (Å²) in [7, 11) is 3.12. The lowest BCUT2D eigenvalue weighted by atomic mass is 9.80. The summed E-state index contributed by atoms with van der Waals surface area (Å²) < 4.78 is 24.5. The van der Waals surface area contributed by atoms with Gasteiger partial charge in [-0.05, 0) is 50.9 Å². The lowest BCUT2D eigenvalue weighted by molar-refractivity contribution is -0.151. The number of esters is 1. The molecule has 0 aliphatic heterocycles. The number of carbonyl (C=O) groups is 1. The van der Waals surface area contributed by atoms with Gasteiger partial charge in [0.1, 0.15) is 11.6 Å². The maximum atomic E-state index is 13.8. The number of aryl methyl sites for hydroxylation is 1. The number of likely N-dealkylation sites (N-methyl/N-ethyl adjacent to an activating group) is 1. The van der Waals surface area contributed by atoms with Crippen LogP contribution in [0.2, 0.25) is 0 Å². The zero-order valence-corrected chi connectivity index (χ0v) is 12.7. The molecule has 1 aromatic rings. The van der Waals surface area contributed by atoms with Crippen LogP contribution in [0, 0.1) is 12.7 Å². The molecule has 5 heteroatoms. The van der Waals surface area contributed by atoms with Crippen molar-refractivity contribution in [1.29, 1.82) is 0 Å². The Morgan fingerprint density at radius 2 is 2.24 bits per heavy atom. The van der Waals surface area contributed by atoms with Crippen LogP contribution >= 0.6 is 0 Å². The van der Waals surface area contributed by atoms with Crippen molar-refractivity contribution in [2.24, 2.45) is 0 Å². The summed E-state index contributed by atoms with van der Waals surface area (Å²) >= 11 is 0. The number of carbonyl (C=O) groups excluding carboxylic acids is 1. The fourth-order valence-electron chi connectivity index (χ4n) is 2.92. The van der Waals surface area contributed by atoms with Crippen LogP contribution in [-0.2, 0) is 9.53 Å². The highest BCUT2D eigenvalue weighted by Gasteiger charge is 2.43. The van der Waals surface area contributed by atoms with Gasteiger partial charge in [-0.25, -0.2) is 4.39 Å². The Morgan fingerprint density at radius 1 is 1.48 bits per heavy atom. The molecule has 2 atom stereocenters. The van der Waals surface area contributed by atoms with Crippen LogP contribution in [0.15, 0.2) is 18.2 Å². The Balaban J connectivity index is 2.14. The Bertz CT molecular complexity index is 520. The van der Waals surface area contributed by atoms with Crippen molar-refractivity contribution in [2.45, 2.75) is 44.2 Å². The third-order valence-electron chi connectivity index (χ3n) is 4.14. The van der Waals surface area contributed by atoms with E-state index in [2.05, 4.69) is 5.32 Å². The van der Waals surface area contributed by atoms with Gasteiger partial charge in [0.2, 0.25) is 0 Å². The molecule has 0 spiro atoms. The van der Waals surface area contributed by atoms with Gasteiger partial charge in [-0.15, -0.1) is 0 Å². The van der Waals surface area contributed by atoms with Crippen molar-refractivity contribution in [1.82, 2.24) is 5.32 Å². The second kappa shape index (κ2) is 6.43. The van der Waals surface area contributed by atoms with E-state index in [1.807, 2.05) is 6.92 Å². The predicted octanol–water partition coefficient (Wildman–Crippen LogP) is 2.59. The van der Waals surface area contributed by atoms with E-state index in [1.165, 1.54) is 13.2 Å². The molecule has 0 heterocycles. The lowest BCUT2D eigenvalue weighted by Gasteiger charge is -2.38. The minimum atomic E-state index is -0.738. The molecule has 1 aliphatic rings. The van der Waals surface area contributed by atoms with E-state index >= 15 is 0 Å². The van der Waals surface area contributed by atoms with E-state index in [0.29, 0.717) is 12.8 Å². The molecule has 4 nitrogen and oxygen atoms in total. The first-order valence-electron chi connectivity index (χ1n) is 7.21. The Kier molecular flexibility index (Phi) is 4.83. The van der Waals surface area contributed by atoms with E-state index in [-0.39, 0.29) is 23.6 Å². The zero-order chi connectivity index (χ0) is 15.5. The molecule has 21 heavy (non-hydrogen) atoms. The molecule has 116 valence electrons. The van der Waals surface area contributed by atoms with E-state index in [0.717, 1.165) is 18.4 Å². The topological polar surface area (TPSA) is 47.6 Å². The van der Waals surface area contributed by atoms with Crippen LogP contribution in [0.25, 0.3) is 0 Å². The highest BCUT2D eigenvalue weighted by atomic mass is 19.1. The number of ether oxygens (including phenoxy) is 2. The van der Waals surface area contributed by atoms with Gasteiger partial charge in [0.25, 0.3) is 0 Å². The second-order valence-corrected chi connectivity index (χ2v) is 5.59. The normalized spacial score (nSPS) is 25.4. The van der Waals surface area contributed by atoms with Gasteiger partial charge < -0.3 is 14.8 Å². The van der Waals surface area contributed by atoms with Crippen molar-refractivity contribution < 1.29 is 18.7 Å². The van der Waals surface area contributed by atoms with Gasteiger partial charge in [0.05, 0.1) is 7.11 Å². The quantitative estimate of drug-likeness (QED) is 0.867. The molecule has 2 rings (SSSR count). The summed E-state index contributed by atoms with van der Waals surface area (Å²) in [6.07, 6.45) is 2.60. The second-order valence-electron chi connectivity index (χ2n) is 5.59. The highest BCUT2D eigenvalue weighted by Crippen LogP contribution is 2.32. The fourth-order valence-corrected chi connectivity index (χ4v) is 2.92. The van der Waals surface area contributed by atoms with Gasteiger partial charge in [0.15, 0.2) is 11.6 Å². The molecule has 1 saturated carbocycles. The third-order valence-corrected chi connectivity index (χ3v) is 4.14. The van der Waals surface area contributed by atoms with E-state index < -0.39 is 5.54 Å². The number of hydrogen-bond donors (Lipinski definition) is 1. The van der Waals surface area contributed by atoms with Crippen molar-refractivity contribution in [3.8, 4) is 5.75 Å². The first kappa shape index (κ1) is 15.8. The maximum absolute atomic E-state index is 13.8. The average molecular weight is 295 g/mol. The molecular formula is C16H22FNO3. The van der Waals surface area contributed by atoms with E-state index in [9.17, 15) is 9.18 Å². The molecule has 0 saturated heterocycles. The summed E-state index contributed by atoms with van der Waals surface area (Å²) in [5, 5.41) is 3.06. The first-order chi connectivity index (χ1) is 10.0. The smallest absolute Gasteiger partial charge is 0.326 e. The lowest BCUT2D eigenvalue weighted by Crippen LogP contribution is -2.55. The molecule has 2 unspecified atom stereocenters. The Hall–Kier alpha value is -1.62. The molecule has 1 fully saturated rings. The molecule has 0 amide bonds. The molecule has 1 aromatic carbocycles. The van der Waals surface area contributed by atoms with Crippen LogP contribution in [0.4, 0.5) is 4.39 Å². The van der Waals surface area contributed by atoms with Gasteiger partial charge in [-0.2, -0.15) is 0 Å². The van der Waals surface area contributed by atoms with Crippen LogP contribution in [0.5, 0.6) is 5.75 Å². The van der Waals surface area contributed by atoms with Crippen molar-refractivity contribution in [3.63, 3.8) is 0 Å². The fraction of sp³-hybridized carbons (Fsp3) is 0.562. The van der Waals surface area contributed by atoms with Crippen LogP contribution < -0.4 is 10.1 Å². The van der Waals surface area contributed by atoms with Crippen molar-refractivity contribution in [3.05, 3.63) is 29.6 Å². The number of halogens is 1. The number of hydrogen-bond acceptors (Lipinski definition) is 4. The monoisotopic (exact) mass is 295 g/mol. The summed E-state index contributed by atoms with van der Waals surface area (Å²) in [4.78, 5) is 12.0. The number of rotatable bonds is 4. The molecular weight excluding hydrogens is 273 g/mol. The number of methoxy groups -OCH3 is 1. The van der Waals surface area contributed by atoms with Crippen LogP contribution in [-0.4, -0.2) is 31.8 Å². The summed E-state index contributed by atoms with van der Waals surface area (Å²) in [6, 6.07) is 4.79. The SMILES string of the molecule is CNC1(C(=O)OC)CCCC(Oc2cc(C)ccc2F)C1. The largest absolute Gasteiger partial charge is 0.487 e. The zero-order valence-electron chi connectivity index (χ0n) is 12.7. The molecule has 0 radical (unpaired) electrons. The molecule has 1 N–H and O–H groups in total. The van der Waals surface area contributed by atoms with Crippen LogP contribution in [0.1, 0.15) is 31.2 Å². The number of benzene rings is 1. The van der Waals surface area contributed by atoms with E-state index in [4.69, 9.17) is 9.47 Å². The highest BCUT2D eigenvalue weighted by molar-refractivity contribution is 5.81. The predicted molar refractivity (Wildman–Crippen MR) is 77.8 cm³/mol. The van der Waals surface area contributed by atoms with E-state index in [1.54, 1.807) is 19.2 Å². The molecule has 0 bridgehead atoms. The average Bonchev–Trinajstić information content (AvgIpc) is 2.50. The van der Waals surface area contributed by atoms with Gasteiger partial charge in [-0.3, -0.25) is 4.79 Å². The number of nitrogens with one attached hydrogen (secondary N) is 1. The Labute approximate surface area is 124 Å². The molecule has 1 aliphatic carbocycles. The minimum absolute atomic E-state index is 0.207.